The molecule has 1 aliphatic heterocycles. The van der Waals surface area contributed by atoms with E-state index in [9.17, 15) is 22.4 Å². The summed E-state index contributed by atoms with van der Waals surface area (Å²) in [5, 5.41) is 3.89. The highest BCUT2D eigenvalue weighted by Crippen LogP contribution is 2.43. The van der Waals surface area contributed by atoms with Crippen molar-refractivity contribution in [2.45, 2.75) is 58.2 Å². The van der Waals surface area contributed by atoms with Crippen molar-refractivity contribution in [3.05, 3.63) is 64.7 Å². The van der Waals surface area contributed by atoms with E-state index >= 15 is 0 Å². The summed E-state index contributed by atoms with van der Waals surface area (Å²) < 4.78 is 60.9. The first kappa shape index (κ1) is 23.1. The van der Waals surface area contributed by atoms with Gasteiger partial charge in [0.1, 0.15) is 11.4 Å². The van der Waals surface area contributed by atoms with Crippen LogP contribution in [0.2, 0.25) is 0 Å². The van der Waals surface area contributed by atoms with E-state index in [-0.39, 0.29) is 13.0 Å². The van der Waals surface area contributed by atoms with E-state index in [4.69, 9.17) is 4.74 Å². The number of carbonyl (C=O) groups is 1. The molecule has 0 radical (unpaired) electrons. The minimum Gasteiger partial charge on any atom is -0.443 e. The Bertz CT molecular complexity index is 1220. The number of anilines is 1. The smallest absolute Gasteiger partial charge is 0.435 e. The Labute approximate surface area is 189 Å². The fourth-order valence-electron chi connectivity index (χ4n) is 4.17. The number of hydrogen-bond donors (Lipinski definition) is 0. The molecule has 5 nitrogen and oxygen atoms in total. The van der Waals surface area contributed by atoms with E-state index in [1.807, 2.05) is 13.8 Å². The van der Waals surface area contributed by atoms with Crippen LogP contribution in [0.5, 0.6) is 0 Å². The average Bonchev–Trinajstić information content (AvgIpc) is 3.21. The van der Waals surface area contributed by atoms with E-state index in [2.05, 4.69) is 5.10 Å². The SMILES string of the molecule is CC(C)(C)OC(=O)N1CC(C)(C)c2c1cc(Cc1ccc(F)cc1)c1cc(C(F)(F)F)nn21. The van der Waals surface area contributed by atoms with E-state index in [1.165, 1.54) is 21.5 Å². The lowest BCUT2D eigenvalue weighted by atomic mass is 9.90. The third-order valence-electron chi connectivity index (χ3n) is 5.50. The number of carbonyl (C=O) groups excluding carboxylic acids is 1. The van der Waals surface area contributed by atoms with Crippen LogP contribution in [0.4, 0.5) is 28.0 Å². The number of rotatable bonds is 2. The molecule has 176 valence electrons. The quantitative estimate of drug-likeness (QED) is 0.431. The molecule has 1 aromatic carbocycles. The van der Waals surface area contributed by atoms with Gasteiger partial charge in [-0.2, -0.15) is 18.3 Å². The van der Waals surface area contributed by atoms with Crippen molar-refractivity contribution in [3.63, 3.8) is 0 Å². The van der Waals surface area contributed by atoms with Gasteiger partial charge in [-0.05, 0) is 62.6 Å². The highest BCUT2D eigenvalue weighted by molar-refractivity contribution is 5.92. The maximum Gasteiger partial charge on any atom is 0.435 e. The summed E-state index contributed by atoms with van der Waals surface area (Å²) >= 11 is 0. The second-order valence-corrected chi connectivity index (χ2v) is 9.98. The van der Waals surface area contributed by atoms with Crippen molar-refractivity contribution in [1.82, 2.24) is 9.61 Å². The molecule has 0 saturated carbocycles. The van der Waals surface area contributed by atoms with Crippen LogP contribution >= 0.6 is 0 Å². The number of ether oxygens (including phenoxy) is 1. The summed E-state index contributed by atoms with van der Waals surface area (Å²) in [5.41, 5.74) is 0.0851. The standard InChI is InChI=1S/C24H25F4N3O2/c1-22(2,3)33-21(32)30-13-23(4,5)20-18(30)11-15(10-14-6-8-16(25)9-7-14)17-12-19(24(26,27)28)29-31(17)20/h6-9,11-12H,10,13H2,1-5H3. The van der Waals surface area contributed by atoms with Gasteiger partial charge in [0.2, 0.25) is 0 Å². The van der Waals surface area contributed by atoms with Gasteiger partial charge in [-0.1, -0.05) is 26.0 Å². The second kappa shape index (κ2) is 7.46. The number of alkyl halides is 3. The van der Waals surface area contributed by atoms with Crippen molar-refractivity contribution < 1.29 is 27.1 Å². The molecule has 0 bridgehead atoms. The lowest BCUT2D eigenvalue weighted by molar-refractivity contribution is -0.141. The topological polar surface area (TPSA) is 46.8 Å². The van der Waals surface area contributed by atoms with Gasteiger partial charge in [0.25, 0.3) is 0 Å². The molecule has 1 aliphatic rings. The number of amides is 1. The predicted octanol–water partition coefficient (Wildman–Crippen LogP) is 6.12. The molecule has 9 heteroatoms. The summed E-state index contributed by atoms with van der Waals surface area (Å²) in [7, 11) is 0. The monoisotopic (exact) mass is 463 g/mol. The molecule has 1 amide bonds. The van der Waals surface area contributed by atoms with Crippen LogP contribution in [-0.2, 0) is 22.7 Å². The largest absolute Gasteiger partial charge is 0.443 e. The fourth-order valence-corrected chi connectivity index (χ4v) is 4.17. The zero-order chi connectivity index (χ0) is 24.3. The summed E-state index contributed by atoms with van der Waals surface area (Å²) in [5.74, 6) is -0.403. The van der Waals surface area contributed by atoms with Gasteiger partial charge in [-0.15, -0.1) is 0 Å². The predicted molar refractivity (Wildman–Crippen MR) is 116 cm³/mol. The summed E-state index contributed by atoms with van der Waals surface area (Å²) in [6.45, 7) is 9.18. The number of aromatic nitrogens is 2. The Hall–Kier alpha value is -3.10. The number of nitrogens with zero attached hydrogens (tertiary/aromatic N) is 3. The normalized spacial score (nSPS) is 15.7. The Morgan fingerprint density at radius 2 is 1.76 bits per heavy atom. The number of pyridine rings is 1. The van der Waals surface area contributed by atoms with Crippen molar-refractivity contribution >= 4 is 17.3 Å². The van der Waals surface area contributed by atoms with Crippen LogP contribution in [-0.4, -0.2) is 27.9 Å². The van der Waals surface area contributed by atoms with Gasteiger partial charge < -0.3 is 4.74 Å². The van der Waals surface area contributed by atoms with Crippen LogP contribution in [0, 0.1) is 5.82 Å². The van der Waals surface area contributed by atoms with Crippen molar-refractivity contribution in [1.29, 1.82) is 0 Å². The minimum atomic E-state index is -4.63. The van der Waals surface area contributed by atoms with Gasteiger partial charge in [-0.3, -0.25) is 4.90 Å². The highest BCUT2D eigenvalue weighted by Gasteiger charge is 2.44. The van der Waals surface area contributed by atoms with Crippen LogP contribution in [0.1, 0.15) is 57.1 Å². The van der Waals surface area contributed by atoms with Gasteiger partial charge in [-0.25, -0.2) is 13.7 Å². The van der Waals surface area contributed by atoms with E-state index in [0.717, 1.165) is 6.07 Å². The first-order valence-electron chi connectivity index (χ1n) is 10.5. The molecule has 33 heavy (non-hydrogen) atoms. The molecule has 0 aliphatic carbocycles. The van der Waals surface area contributed by atoms with Gasteiger partial charge in [0.15, 0.2) is 5.69 Å². The second-order valence-electron chi connectivity index (χ2n) is 9.98. The Morgan fingerprint density at radius 1 is 1.12 bits per heavy atom. The molecule has 3 aromatic rings. The average molecular weight is 463 g/mol. The molecule has 0 unspecified atom stereocenters. The number of halogens is 4. The van der Waals surface area contributed by atoms with Crippen LogP contribution in [0.25, 0.3) is 5.52 Å². The Kier molecular flexibility index (Phi) is 5.22. The molecule has 0 fully saturated rings. The van der Waals surface area contributed by atoms with Crippen LogP contribution < -0.4 is 4.90 Å². The zero-order valence-corrected chi connectivity index (χ0v) is 19.0. The van der Waals surface area contributed by atoms with Gasteiger partial charge >= 0.3 is 12.3 Å². The maximum atomic E-state index is 13.6. The lowest BCUT2D eigenvalue weighted by Crippen LogP contribution is -2.38. The Morgan fingerprint density at radius 3 is 2.33 bits per heavy atom. The highest BCUT2D eigenvalue weighted by atomic mass is 19.4. The number of benzene rings is 1. The van der Waals surface area contributed by atoms with Gasteiger partial charge in [0.05, 0.1) is 16.9 Å². The van der Waals surface area contributed by atoms with E-state index in [1.54, 1.807) is 39.0 Å². The lowest BCUT2D eigenvalue weighted by Gasteiger charge is -2.25. The fraction of sp³-hybridized carbons (Fsp3) is 0.417. The third kappa shape index (κ3) is 4.41. The molecule has 0 atom stereocenters. The molecule has 3 heterocycles. The van der Waals surface area contributed by atoms with E-state index < -0.39 is 34.8 Å². The Balaban J connectivity index is 1.92. The van der Waals surface area contributed by atoms with Crippen molar-refractivity contribution in [3.8, 4) is 0 Å². The minimum absolute atomic E-state index is 0.230. The zero-order valence-electron chi connectivity index (χ0n) is 19.0. The number of fused-ring (bicyclic) bond motifs is 3. The summed E-state index contributed by atoms with van der Waals surface area (Å²) in [4.78, 5) is 14.4. The molecule has 0 saturated heterocycles. The molecule has 0 spiro atoms. The molecular weight excluding hydrogens is 438 g/mol. The molecule has 2 aromatic heterocycles. The maximum absolute atomic E-state index is 13.6. The first-order chi connectivity index (χ1) is 15.2. The van der Waals surface area contributed by atoms with Crippen LogP contribution in [0.3, 0.4) is 0 Å². The first-order valence-corrected chi connectivity index (χ1v) is 10.5. The van der Waals surface area contributed by atoms with Gasteiger partial charge in [0, 0.05) is 12.0 Å². The molecule has 4 rings (SSSR count). The number of hydrogen-bond acceptors (Lipinski definition) is 3. The van der Waals surface area contributed by atoms with Crippen LogP contribution in [0.15, 0.2) is 36.4 Å². The van der Waals surface area contributed by atoms with Crippen molar-refractivity contribution in [2.75, 3.05) is 11.4 Å². The molecule has 0 N–H and O–H groups in total. The molecular formula is C24H25F4N3O2. The third-order valence-corrected chi connectivity index (χ3v) is 5.50. The van der Waals surface area contributed by atoms with Crippen molar-refractivity contribution in [2.24, 2.45) is 0 Å². The van der Waals surface area contributed by atoms with E-state index in [0.29, 0.717) is 28.0 Å². The summed E-state index contributed by atoms with van der Waals surface area (Å²) in [6.07, 6.45) is -4.97. The summed E-state index contributed by atoms with van der Waals surface area (Å²) in [6, 6.07) is 8.49.